The summed E-state index contributed by atoms with van der Waals surface area (Å²) in [6.45, 7) is 5.98. The molecule has 1 atom stereocenters. The van der Waals surface area contributed by atoms with E-state index in [1.165, 1.54) is 0 Å². The fourth-order valence-electron chi connectivity index (χ4n) is 2.51. The maximum Gasteiger partial charge on any atom is 0.253 e. The molecule has 3 rings (SSSR count). The summed E-state index contributed by atoms with van der Waals surface area (Å²) in [5, 5.41) is 18.6. The number of nitrogens with one attached hydrogen (secondary N) is 1. The van der Waals surface area contributed by atoms with Gasteiger partial charge in [-0.1, -0.05) is 12.1 Å². The van der Waals surface area contributed by atoms with E-state index in [4.69, 9.17) is 0 Å². The summed E-state index contributed by atoms with van der Waals surface area (Å²) < 4.78 is 3.65. The van der Waals surface area contributed by atoms with Gasteiger partial charge in [-0.05, 0) is 32.9 Å². The van der Waals surface area contributed by atoms with Crippen LogP contribution in [-0.4, -0.2) is 35.4 Å². The molecule has 0 saturated carbocycles. The van der Waals surface area contributed by atoms with Crippen molar-refractivity contribution in [3.05, 3.63) is 54.6 Å². The topological polar surface area (TPSA) is 90.5 Å². The zero-order valence-electron chi connectivity index (χ0n) is 13.8. The third kappa shape index (κ3) is 3.03. The Morgan fingerprint density at radius 1 is 1.04 bits per heavy atom. The van der Waals surface area contributed by atoms with Gasteiger partial charge in [0.25, 0.3) is 5.91 Å². The van der Waals surface area contributed by atoms with Crippen LogP contribution in [0.5, 0.6) is 0 Å². The molecule has 0 radical (unpaired) electrons. The lowest BCUT2D eigenvalue weighted by molar-refractivity contribution is 0.0937. The van der Waals surface area contributed by atoms with Crippen LogP contribution in [0, 0.1) is 0 Å². The fraction of sp³-hybridized carbons (Fsp3) is 0.312. The summed E-state index contributed by atoms with van der Waals surface area (Å²) in [4.78, 5) is 12.7. The average molecular weight is 325 g/mol. The van der Waals surface area contributed by atoms with Crippen molar-refractivity contribution in [1.82, 2.24) is 34.8 Å². The van der Waals surface area contributed by atoms with Crippen LogP contribution in [0.15, 0.2) is 43.2 Å². The van der Waals surface area contributed by atoms with Crippen molar-refractivity contribution in [3.63, 3.8) is 0 Å². The standard InChI is InChI=1S/C16H19N7O/c1-11(2)23-10-19-21-15(23)12(3)20-16(24)13-6-4-5-7-14(13)22-8-17-18-9-22/h4-12H,1-3H3,(H,20,24)/t12-/m0/s1. The highest BCUT2D eigenvalue weighted by molar-refractivity contribution is 5.97. The van der Waals surface area contributed by atoms with Gasteiger partial charge >= 0.3 is 0 Å². The van der Waals surface area contributed by atoms with Gasteiger partial charge in [0.15, 0.2) is 5.82 Å². The summed E-state index contributed by atoms with van der Waals surface area (Å²) in [6.07, 6.45) is 4.80. The highest BCUT2D eigenvalue weighted by Gasteiger charge is 2.19. The first kappa shape index (κ1) is 15.9. The summed E-state index contributed by atoms with van der Waals surface area (Å²) in [7, 11) is 0. The SMILES string of the molecule is CC(C)n1cnnc1[C@H](C)NC(=O)c1ccccc1-n1cnnc1. The van der Waals surface area contributed by atoms with Crippen LogP contribution in [-0.2, 0) is 0 Å². The summed E-state index contributed by atoms with van der Waals surface area (Å²) in [6, 6.07) is 7.26. The number of benzene rings is 1. The van der Waals surface area contributed by atoms with E-state index in [0.717, 1.165) is 11.5 Å². The second kappa shape index (κ2) is 6.61. The molecule has 2 aromatic heterocycles. The Balaban J connectivity index is 1.84. The number of amides is 1. The van der Waals surface area contributed by atoms with Crippen LogP contribution >= 0.6 is 0 Å². The van der Waals surface area contributed by atoms with Crippen LogP contribution < -0.4 is 5.32 Å². The molecule has 0 aliphatic carbocycles. The van der Waals surface area contributed by atoms with Crippen LogP contribution in [0.4, 0.5) is 0 Å². The Morgan fingerprint density at radius 2 is 1.75 bits per heavy atom. The minimum absolute atomic E-state index is 0.190. The molecule has 0 aliphatic heterocycles. The number of nitrogens with zero attached hydrogens (tertiary/aromatic N) is 6. The highest BCUT2D eigenvalue weighted by atomic mass is 16.1. The molecule has 3 aromatic rings. The number of hydrogen-bond acceptors (Lipinski definition) is 5. The van der Waals surface area contributed by atoms with Crippen LogP contribution in [0.25, 0.3) is 5.69 Å². The molecule has 1 N–H and O–H groups in total. The normalized spacial score (nSPS) is 12.3. The summed E-state index contributed by atoms with van der Waals surface area (Å²) in [5.74, 6) is 0.533. The lowest BCUT2D eigenvalue weighted by atomic mass is 10.1. The molecule has 0 spiro atoms. The van der Waals surface area contributed by atoms with E-state index < -0.39 is 0 Å². The molecule has 0 saturated heterocycles. The number of hydrogen-bond donors (Lipinski definition) is 1. The molecular weight excluding hydrogens is 306 g/mol. The van der Waals surface area contributed by atoms with E-state index in [0.29, 0.717) is 5.56 Å². The zero-order chi connectivity index (χ0) is 17.1. The largest absolute Gasteiger partial charge is 0.342 e. The lowest BCUT2D eigenvalue weighted by Gasteiger charge is -2.18. The smallest absolute Gasteiger partial charge is 0.253 e. The minimum Gasteiger partial charge on any atom is -0.342 e. The number of aromatic nitrogens is 6. The Kier molecular flexibility index (Phi) is 4.37. The lowest BCUT2D eigenvalue weighted by Crippen LogP contribution is -2.29. The Hall–Kier alpha value is -3.03. The molecule has 0 aliphatic rings. The number of carbonyl (C=O) groups is 1. The molecule has 8 heteroatoms. The molecule has 0 bridgehead atoms. The minimum atomic E-state index is -0.267. The van der Waals surface area contributed by atoms with Crippen molar-refractivity contribution < 1.29 is 4.79 Å². The Morgan fingerprint density at radius 3 is 2.46 bits per heavy atom. The first-order valence-corrected chi connectivity index (χ1v) is 7.72. The number of rotatable bonds is 5. The molecule has 2 heterocycles. The van der Waals surface area contributed by atoms with E-state index in [1.54, 1.807) is 29.6 Å². The van der Waals surface area contributed by atoms with E-state index in [-0.39, 0.29) is 18.0 Å². The van der Waals surface area contributed by atoms with Crippen molar-refractivity contribution in [2.45, 2.75) is 32.9 Å². The maximum atomic E-state index is 12.7. The van der Waals surface area contributed by atoms with E-state index in [2.05, 4.69) is 25.7 Å². The molecule has 0 unspecified atom stereocenters. The van der Waals surface area contributed by atoms with Gasteiger partial charge < -0.3 is 9.88 Å². The fourth-order valence-corrected chi connectivity index (χ4v) is 2.51. The van der Waals surface area contributed by atoms with E-state index in [9.17, 15) is 4.79 Å². The van der Waals surface area contributed by atoms with Gasteiger partial charge in [-0.2, -0.15) is 0 Å². The molecule has 1 aromatic carbocycles. The van der Waals surface area contributed by atoms with Crippen molar-refractivity contribution in [2.75, 3.05) is 0 Å². The van der Waals surface area contributed by atoms with Crippen LogP contribution in [0.3, 0.4) is 0 Å². The third-order valence-electron chi connectivity index (χ3n) is 3.74. The first-order valence-electron chi connectivity index (χ1n) is 7.72. The summed E-state index contributed by atoms with van der Waals surface area (Å²) >= 11 is 0. The zero-order valence-corrected chi connectivity index (χ0v) is 13.8. The van der Waals surface area contributed by atoms with Gasteiger partial charge in [-0.25, -0.2) is 0 Å². The van der Waals surface area contributed by atoms with Gasteiger partial charge in [0, 0.05) is 6.04 Å². The van der Waals surface area contributed by atoms with E-state index >= 15 is 0 Å². The number of para-hydroxylation sites is 1. The monoisotopic (exact) mass is 325 g/mol. The van der Waals surface area contributed by atoms with Gasteiger partial charge in [-0.3, -0.25) is 9.36 Å². The highest BCUT2D eigenvalue weighted by Crippen LogP contribution is 2.17. The molecule has 8 nitrogen and oxygen atoms in total. The van der Waals surface area contributed by atoms with Crippen molar-refractivity contribution in [1.29, 1.82) is 0 Å². The quantitative estimate of drug-likeness (QED) is 0.774. The molecule has 124 valence electrons. The molecule has 0 fully saturated rings. The van der Waals surface area contributed by atoms with Crippen molar-refractivity contribution >= 4 is 5.91 Å². The molecular formula is C16H19N7O. The van der Waals surface area contributed by atoms with Gasteiger partial charge in [-0.15, -0.1) is 20.4 Å². The van der Waals surface area contributed by atoms with Crippen molar-refractivity contribution in [3.8, 4) is 5.69 Å². The molecule has 1 amide bonds. The second-order valence-electron chi connectivity index (χ2n) is 5.77. The Bertz CT molecular complexity index is 823. The van der Waals surface area contributed by atoms with Gasteiger partial charge in [0.2, 0.25) is 0 Å². The Labute approximate surface area is 139 Å². The maximum absolute atomic E-state index is 12.7. The predicted molar refractivity (Wildman–Crippen MR) is 87.6 cm³/mol. The van der Waals surface area contributed by atoms with Gasteiger partial charge in [0.05, 0.1) is 17.3 Å². The predicted octanol–water partition coefficient (Wildman–Crippen LogP) is 1.93. The first-order chi connectivity index (χ1) is 11.6. The summed E-state index contributed by atoms with van der Waals surface area (Å²) in [5.41, 5.74) is 1.26. The molecule has 24 heavy (non-hydrogen) atoms. The van der Waals surface area contributed by atoms with Crippen molar-refractivity contribution in [2.24, 2.45) is 0 Å². The third-order valence-corrected chi connectivity index (χ3v) is 3.74. The van der Waals surface area contributed by atoms with Crippen LogP contribution in [0.2, 0.25) is 0 Å². The average Bonchev–Trinajstić information content (AvgIpc) is 3.26. The number of carbonyl (C=O) groups excluding carboxylic acids is 1. The van der Waals surface area contributed by atoms with Gasteiger partial charge in [0.1, 0.15) is 19.0 Å². The van der Waals surface area contributed by atoms with Crippen LogP contribution in [0.1, 0.15) is 49.0 Å². The van der Waals surface area contributed by atoms with E-state index in [1.807, 2.05) is 43.5 Å². The second-order valence-corrected chi connectivity index (χ2v) is 5.77.